The van der Waals surface area contributed by atoms with Crippen molar-refractivity contribution in [2.24, 2.45) is 0 Å². The maximum absolute atomic E-state index is 11.2. The summed E-state index contributed by atoms with van der Waals surface area (Å²) in [6, 6.07) is 0.0935. The van der Waals surface area contributed by atoms with Gasteiger partial charge in [-0.2, -0.15) is 0 Å². The normalized spacial score (nSPS) is 12.4. The highest BCUT2D eigenvalue weighted by atomic mass is 16.3. The molecule has 5 nitrogen and oxygen atoms in total. The molecule has 1 rings (SSSR count). The number of aromatic nitrogens is 2. The van der Waals surface area contributed by atoms with Gasteiger partial charge in [-0.05, 0) is 12.8 Å². The van der Waals surface area contributed by atoms with Crippen LogP contribution in [0.2, 0.25) is 0 Å². The van der Waals surface area contributed by atoms with Crippen molar-refractivity contribution >= 4 is 5.82 Å². The molecule has 0 aliphatic carbocycles. The average Bonchev–Trinajstić information content (AvgIpc) is 2.20. The monoisotopic (exact) mass is 197 g/mol. The van der Waals surface area contributed by atoms with Gasteiger partial charge >= 0.3 is 0 Å². The molecule has 1 unspecified atom stereocenters. The number of rotatable bonds is 5. The van der Waals surface area contributed by atoms with E-state index in [9.17, 15) is 4.79 Å². The Balaban J connectivity index is 2.67. The lowest BCUT2D eigenvalue weighted by atomic mass is 10.1. The van der Waals surface area contributed by atoms with Crippen LogP contribution in [0.25, 0.3) is 0 Å². The SMILES string of the molecule is CCC(CCO)Nc1ncc[nH]c1=O. The van der Waals surface area contributed by atoms with Gasteiger partial charge in [0.05, 0.1) is 0 Å². The third kappa shape index (κ3) is 2.85. The van der Waals surface area contributed by atoms with Gasteiger partial charge in [-0.25, -0.2) is 4.98 Å². The van der Waals surface area contributed by atoms with Crippen molar-refractivity contribution in [1.82, 2.24) is 9.97 Å². The van der Waals surface area contributed by atoms with Gasteiger partial charge in [0.15, 0.2) is 5.82 Å². The standard InChI is InChI=1S/C9H15N3O2/c1-2-7(3-6-13)12-8-9(14)11-5-4-10-8/h4-5,7,13H,2-3,6H2,1H3,(H,10,12)(H,11,14). The summed E-state index contributed by atoms with van der Waals surface area (Å²) in [7, 11) is 0. The van der Waals surface area contributed by atoms with Gasteiger partial charge in [-0.15, -0.1) is 0 Å². The van der Waals surface area contributed by atoms with E-state index in [-0.39, 0.29) is 18.2 Å². The third-order valence-electron chi connectivity index (χ3n) is 2.02. The van der Waals surface area contributed by atoms with Crippen LogP contribution in [0, 0.1) is 0 Å². The highest BCUT2D eigenvalue weighted by Crippen LogP contribution is 2.03. The maximum Gasteiger partial charge on any atom is 0.290 e. The molecule has 1 heterocycles. The number of aliphatic hydroxyl groups is 1. The van der Waals surface area contributed by atoms with E-state index in [1.165, 1.54) is 12.4 Å². The summed E-state index contributed by atoms with van der Waals surface area (Å²) in [6.45, 7) is 2.10. The molecule has 0 saturated carbocycles. The molecular weight excluding hydrogens is 182 g/mol. The molecular formula is C9H15N3O2. The Morgan fingerprint density at radius 1 is 1.71 bits per heavy atom. The predicted molar refractivity (Wildman–Crippen MR) is 54.3 cm³/mol. The Morgan fingerprint density at radius 2 is 2.50 bits per heavy atom. The Bertz CT molecular complexity index is 324. The first kappa shape index (κ1) is 10.7. The van der Waals surface area contributed by atoms with Crippen LogP contribution in [0.15, 0.2) is 17.2 Å². The first-order valence-electron chi connectivity index (χ1n) is 4.69. The fourth-order valence-electron chi connectivity index (χ4n) is 1.18. The van der Waals surface area contributed by atoms with Crippen molar-refractivity contribution in [1.29, 1.82) is 0 Å². The second-order valence-corrected chi connectivity index (χ2v) is 3.03. The summed E-state index contributed by atoms with van der Waals surface area (Å²) in [4.78, 5) is 17.7. The van der Waals surface area contributed by atoms with Crippen LogP contribution in [-0.2, 0) is 0 Å². The van der Waals surface area contributed by atoms with Crippen LogP contribution < -0.4 is 10.9 Å². The van der Waals surface area contributed by atoms with Crippen molar-refractivity contribution in [2.45, 2.75) is 25.8 Å². The number of H-pyrrole nitrogens is 1. The van der Waals surface area contributed by atoms with Crippen LogP contribution in [-0.4, -0.2) is 27.7 Å². The van der Waals surface area contributed by atoms with E-state index >= 15 is 0 Å². The zero-order valence-electron chi connectivity index (χ0n) is 8.16. The smallest absolute Gasteiger partial charge is 0.290 e. The van der Waals surface area contributed by atoms with Crippen molar-refractivity contribution in [3.63, 3.8) is 0 Å². The molecule has 0 fully saturated rings. The number of aromatic amines is 1. The quantitative estimate of drug-likeness (QED) is 0.636. The molecule has 78 valence electrons. The van der Waals surface area contributed by atoms with E-state index in [1.807, 2.05) is 6.92 Å². The summed E-state index contributed by atoms with van der Waals surface area (Å²) in [5.74, 6) is 0.313. The summed E-state index contributed by atoms with van der Waals surface area (Å²) in [5.41, 5.74) is -0.233. The van der Waals surface area contributed by atoms with Crippen LogP contribution in [0.1, 0.15) is 19.8 Å². The van der Waals surface area contributed by atoms with E-state index in [2.05, 4.69) is 15.3 Å². The van der Waals surface area contributed by atoms with Crippen LogP contribution >= 0.6 is 0 Å². The molecule has 14 heavy (non-hydrogen) atoms. The van der Waals surface area contributed by atoms with E-state index in [4.69, 9.17) is 5.11 Å². The lowest BCUT2D eigenvalue weighted by molar-refractivity contribution is 0.278. The fraction of sp³-hybridized carbons (Fsp3) is 0.556. The number of nitrogens with one attached hydrogen (secondary N) is 2. The summed E-state index contributed by atoms with van der Waals surface area (Å²) >= 11 is 0. The minimum atomic E-state index is -0.233. The van der Waals surface area contributed by atoms with Crippen LogP contribution in [0.4, 0.5) is 5.82 Å². The van der Waals surface area contributed by atoms with Crippen molar-refractivity contribution in [2.75, 3.05) is 11.9 Å². The fourth-order valence-corrected chi connectivity index (χ4v) is 1.18. The van der Waals surface area contributed by atoms with Gasteiger partial charge in [0.2, 0.25) is 0 Å². The zero-order chi connectivity index (χ0) is 10.4. The summed E-state index contributed by atoms with van der Waals surface area (Å²) in [6.07, 6.45) is 4.47. The number of aliphatic hydroxyl groups excluding tert-OH is 1. The number of hydrogen-bond acceptors (Lipinski definition) is 4. The largest absolute Gasteiger partial charge is 0.396 e. The molecule has 0 bridgehead atoms. The van der Waals surface area contributed by atoms with E-state index in [1.54, 1.807) is 0 Å². The predicted octanol–water partition coefficient (Wildman–Crippen LogP) is 0.343. The Hall–Kier alpha value is -1.36. The minimum Gasteiger partial charge on any atom is -0.396 e. The van der Waals surface area contributed by atoms with Crippen LogP contribution in [0.5, 0.6) is 0 Å². The van der Waals surface area contributed by atoms with Crippen molar-refractivity contribution < 1.29 is 5.11 Å². The first-order chi connectivity index (χ1) is 6.77. The molecule has 1 atom stereocenters. The van der Waals surface area contributed by atoms with Gasteiger partial charge in [0, 0.05) is 25.0 Å². The van der Waals surface area contributed by atoms with E-state index in [0.29, 0.717) is 12.2 Å². The second kappa shape index (κ2) is 5.39. The second-order valence-electron chi connectivity index (χ2n) is 3.03. The van der Waals surface area contributed by atoms with Gasteiger partial charge < -0.3 is 15.4 Å². The first-order valence-corrected chi connectivity index (χ1v) is 4.69. The lowest BCUT2D eigenvalue weighted by Crippen LogP contribution is -2.25. The molecule has 0 radical (unpaired) electrons. The average molecular weight is 197 g/mol. The molecule has 0 saturated heterocycles. The molecule has 0 spiro atoms. The highest BCUT2D eigenvalue weighted by Gasteiger charge is 2.07. The maximum atomic E-state index is 11.2. The number of nitrogens with zero attached hydrogens (tertiary/aromatic N) is 1. The molecule has 3 N–H and O–H groups in total. The Labute approximate surface area is 82.2 Å². The van der Waals surface area contributed by atoms with E-state index < -0.39 is 0 Å². The van der Waals surface area contributed by atoms with Crippen LogP contribution in [0.3, 0.4) is 0 Å². The topological polar surface area (TPSA) is 78.0 Å². The molecule has 1 aromatic heterocycles. The number of anilines is 1. The van der Waals surface area contributed by atoms with Crippen molar-refractivity contribution in [3.8, 4) is 0 Å². The minimum absolute atomic E-state index is 0.0935. The molecule has 0 amide bonds. The summed E-state index contributed by atoms with van der Waals surface area (Å²) < 4.78 is 0. The molecule has 5 heteroatoms. The summed E-state index contributed by atoms with van der Waals surface area (Å²) in [5, 5.41) is 11.8. The van der Waals surface area contributed by atoms with Crippen molar-refractivity contribution in [3.05, 3.63) is 22.7 Å². The zero-order valence-corrected chi connectivity index (χ0v) is 8.16. The molecule has 1 aromatic rings. The lowest BCUT2D eigenvalue weighted by Gasteiger charge is -2.14. The molecule has 0 aliphatic rings. The number of hydrogen-bond donors (Lipinski definition) is 3. The molecule has 0 aromatic carbocycles. The van der Waals surface area contributed by atoms with Gasteiger partial charge in [-0.1, -0.05) is 6.92 Å². The Morgan fingerprint density at radius 3 is 3.07 bits per heavy atom. The van der Waals surface area contributed by atoms with Gasteiger partial charge in [-0.3, -0.25) is 4.79 Å². The highest BCUT2D eigenvalue weighted by molar-refractivity contribution is 5.31. The molecule has 0 aliphatic heterocycles. The van der Waals surface area contributed by atoms with Gasteiger partial charge in [0.1, 0.15) is 0 Å². The van der Waals surface area contributed by atoms with E-state index in [0.717, 1.165) is 6.42 Å². The van der Waals surface area contributed by atoms with Gasteiger partial charge in [0.25, 0.3) is 5.56 Å². The Kier molecular flexibility index (Phi) is 4.12. The third-order valence-corrected chi connectivity index (χ3v) is 2.02.